The van der Waals surface area contributed by atoms with Gasteiger partial charge in [-0.25, -0.2) is 5.43 Å². The Kier molecular flexibility index (Phi) is 5.36. The number of nitrogens with one attached hydrogen (secondary N) is 2. The van der Waals surface area contributed by atoms with Crippen LogP contribution in [0.25, 0.3) is 0 Å². The number of nitrogens with zero attached hydrogens (tertiary/aromatic N) is 1. The molecule has 0 spiro atoms. The van der Waals surface area contributed by atoms with Crippen LogP contribution in [-0.4, -0.2) is 24.1 Å². The van der Waals surface area contributed by atoms with Crippen molar-refractivity contribution in [2.45, 2.75) is 37.9 Å². The average molecular weight is 327 g/mol. The molecule has 2 rings (SSSR count). The first-order chi connectivity index (χ1) is 10.9. The minimum Gasteiger partial charge on any atom is -0.345 e. The van der Waals surface area contributed by atoms with Crippen molar-refractivity contribution in [3.63, 3.8) is 0 Å². The van der Waals surface area contributed by atoms with E-state index >= 15 is 0 Å². The second kappa shape index (κ2) is 7.26. The summed E-state index contributed by atoms with van der Waals surface area (Å²) in [6.45, 7) is 0. The first-order valence-electron chi connectivity index (χ1n) is 7.18. The van der Waals surface area contributed by atoms with Gasteiger partial charge in [0, 0.05) is 11.6 Å². The van der Waals surface area contributed by atoms with Crippen LogP contribution < -0.4 is 10.7 Å². The van der Waals surface area contributed by atoms with E-state index in [9.17, 15) is 22.8 Å². The monoisotopic (exact) mass is 327 g/mol. The molecule has 0 saturated heterocycles. The first-order valence-corrected chi connectivity index (χ1v) is 7.18. The molecule has 1 aliphatic rings. The fraction of sp³-hybridized carbons (Fsp3) is 0.400. The van der Waals surface area contributed by atoms with Crippen LogP contribution >= 0.6 is 0 Å². The third kappa shape index (κ3) is 4.80. The molecule has 2 N–H and O–H groups in total. The highest BCUT2D eigenvalue weighted by molar-refractivity contribution is 6.35. The van der Waals surface area contributed by atoms with Gasteiger partial charge in [0.1, 0.15) is 0 Å². The van der Waals surface area contributed by atoms with Gasteiger partial charge < -0.3 is 5.32 Å². The van der Waals surface area contributed by atoms with Gasteiger partial charge in [0.2, 0.25) is 0 Å². The molecule has 1 saturated carbocycles. The highest BCUT2D eigenvalue weighted by Gasteiger charge is 2.32. The lowest BCUT2D eigenvalue weighted by molar-refractivity contribution is -0.139. The van der Waals surface area contributed by atoms with Crippen LogP contribution in [0.5, 0.6) is 0 Å². The normalized spacial score (nSPS) is 15.8. The van der Waals surface area contributed by atoms with Gasteiger partial charge in [-0.1, -0.05) is 31.0 Å². The van der Waals surface area contributed by atoms with Crippen LogP contribution in [0, 0.1) is 0 Å². The molecule has 0 aliphatic heterocycles. The lowest BCUT2D eigenvalue weighted by Crippen LogP contribution is -2.42. The average Bonchev–Trinajstić information content (AvgIpc) is 2.99. The molecule has 2 amide bonds. The predicted molar refractivity (Wildman–Crippen MR) is 77.6 cm³/mol. The Morgan fingerprint density at radius 3 is 2.43 bits per heavy atom. The number of hydrogen-bond acceptors (Lipinski definition) is 3. The molecule has 124 valence electrons. The van der Waals surface area contributed by atoms with Gasteiger partial charge in [0.15, 0.2) is 0 Å². The molecule has 1 aromatic rings. The van der Waals surface area contributed by atoms with Crippen molar-refractivity contribution < 1.29 is 22.8 Å². The summed E-state index contributed by atoms with van der Waals surface area (Å²) < 4.78 is 38.3. The molecular weight excluding hydrogens is 311 g/mol. The van der Waals surface area contributed by atoms with Gasteiger partial charge in [0.25, 0.3) is 0 Å². The molecule has 5 nitrogen and oxygen atoms in total. The van der Waals surface area contributed by atoms with Crippen LogP contribution in [-0.2, 0) is 15.8 Å². The maximum Gasteiger partial charge on any atom is 0.417 e. The Labute approximate surface area is 130 Å². The van der Waals surface area contributed by atoms with E-state index in [1.165, 1.54) is 18.2 Å². The number of alkyl halides is 3. The zero-order valence-corrected chi connectivity index (χ0v) is 12.2. The highest BCUT2D eigenvalue weighted by atomic mass is 19.4. The van der Waals surface area contributed by atoms with E-state index in [0.717, 1.165) is 38.0 Å². The number of carbonyl (C=O) groups is 2. The molecule has 0 atom stereocenters. The summed E-state index contributed by atoms with van der Waals surface area (Å²) in [7, 11) is 0. The Morgan fingerprint density at radius 1 is 1.13 bits per heavy atom. The maximum atomic E-state index is 12.8. The smallest absolute Gasteiger partial charge is 0.345 e. The summed E-state index contributed by atoms with van der Waals surface area (Å²) in [4.78, 5) is 23.1. The Bertz CT molecular complexity index is 608. The predicted octanol–water partition coefficient (Wildman–Crippen LogP) is 2.21. The Morgan fingerprint density at radius 2 is 1.78 bits per heavy atom. The molecule has 1 aromatic carbocycles. The van der Waals surface area contributed by atoms with Crippen molar-refractivity contribution in [3.05, 3.63) is 35.4 Å². The summed E-state index contributed by atoms with van der Waals surface area (Å²) in [6, 6.07) is 4.79. The largest absolute Gasteiger partial charge is 0.417 e. The molecule has 23 heavy (non-hydrogen) atoms. The molecule has 1 aliphatic carbocycles. The van der Waals surface area contributed by atoms with Crippen molar-refractivity contribution in [1.29, 1.82) is 0 Å². The van der Waals surface area contributed by atoms with Crippen LogP contribution in [0.2, 0.25) is 0 Å². The van der Waals surface area contributed by atoms with Gasteiger partial charge in [-0.15, -0.1) is 0 Å². The van der Waals surface area contributed by atoms with Crippen molar-refractivity contribution in [2.75, 3.05) is 0 Å². The van der Waals surface area contributed by atoms with E-state index in [1.54, 1.807) is 0 Å². The van der Waals surface area contributed by atoms with Gasteiger partial charge >= 0.3 is 18.0 Å². The van der Waals surface area contributed by atoms with Gasteiger partial charge in [-0.2, -0.15) is 18.3 Å². The van der Waals surface area contributed by atoms with Crippen LogP contribution in [0.1, 0.15) is 36.8 Å². The van der Waals surface area contributed by atoms with E-state index in [-0.39, 0.29) is 11.6 Å². The van der Waals surface area contributed by atoms with E-state index in [4.69, 9.17) is 0 Å². The molecular formula is C15H16F3N3O2. The van der Waals surface area contributed by atoms with Crippen LogP contribution in [0.4, 0.5) is 13.2 Å². The summed E-state index contributed by atoms with van der Waals surface area (Å²) in [5, 5.41) is 5.98. The highest BCUT2D eigenvalue weighted by Crippen LogP contribution is 2.30. The van der Waals surface area contributed by atoms with Gasteiger partial charge in [-0.05, 0) is 18.9 Å². The molecule has 0 aromatic heterocycles. The molecule has 8 heteroatoms. The number of amides is 2. The fourth-order valence-electron chi connectivity index (χ4n) is 2.40. The Balaban J connectivity index is 1.93. The van der Waals surface area contributed by atoms with E-state index < -0.39 is 23.6 Å². The number of rotatable bonds is 3. The van der Waals surface area contributed by atoms with Crippen LogP contribution in [0.3, 0.4) is 0 Å². The van der Waals surface area contributed by atoms with E-state index in [0.29, 0.717) is 0 Å². The standard InChI is InChI=1S/C15H16F3N3O2/c16-15(17,18)12-8-4-1-5-10(12)9-19-21-14(23)13(22)20-11-6-2-3-7-11/h1,4-5,8-9,11H,2-3,6-7H2,(H,20,22)(H,21,23). The summed E-state index contributed by atoms with van der Waals surface area (Å²) in [6.07, 6.45) is -0.0174. The second-order valence-electron chi connectivity index (χ2n) is 5.24. The Hall–Kier alpha value is -2.38. The minimum absolute atomic E-state index is 0.0248. The number of halogens is 3. The lowest BCUT2D eigenvalue weighted by Gasteiger charge is -2.10. The lowest BCUT2D eigenvalue weighted by atomic mass is 10.1. The van der Waals surface area contributed by atoms with Gasteiger partial charge in [-0.3, -0.25) is 9.59 Å². The third-order valence-electron chi connectivity index (χ3n) is 3.53. The fourth-order valence-corrected chi connectivity index (χ4v) is 2.40. The molecule has 0 bridgehead atoms. The molecule has 0 unspecified atom stereocenters. The maximum absolute atomic E-state index is 12.8. The third-order valence-corrected chi connectivity index (χ3v) is 3.53. The van der Waals surface area contributed by atoms with E-state index in [1.807, 2.05) is 5.43 Å². The summed E-state index contributed by atoms with van der Waals surface area (Å²) >= 11 is 0. The second-order valence-corrected chi connectivity index (χ2v) is 5.24. The zero-order valence-electron chi connectivity index (χ0n) is 12.2. The van der Waals surface area contributed by atoms with Crippen molar-refractivity contribution in [2.24, 2.45) is 5.10 Å². The number of benzene rings is 1. The first kappa shape index (κ1) is 17.0. The molecule has 1 fully saturated rings. The number of hydrogen-bond donors (Lipinski definition) is 2. The van der Waals surface area contributed by atoms with Crippen LogP contribution in [0.15, 0.2) is 29.4 Å². The topological polar surface area (TPSA) is 70.6 Å². The number of carbonyl (C=O) groups excluding carboxylic acids is 2. The van der Waals surface area contributed by atoms with Crippen molar-refractivity contribution >= 4 is 18.0 Å². The summed E-state index contributed by atoms with van der Waals surface area (Å²) in [5.41, 5.74) is 0.870. The molecule has 0 heterocycles. The quantitative estimate of drug-likeness (QED) is 0.508. The number of hydrazone groups is 1. The SMILES string of the molecule is O=C(NN=Cc1ccccc1C(F)(F)F)C(=O)NC1CCCC1. The minimum atomic E-state index is -4.52. The molecule has 0 radical (unpaired) electrons. The zero-order chi connectivity index (χ0) is 16.9. The van der Waals surface area contributed by atoms with Gasteiger partial charge in [0.05, 0.1) is 11.8 Å². The summed E-state index contributed by atoms with van der Waals surface area (Å²) in [5.74, 6) is -1.84. The van der Waals surface area contributed by atoms with Crippen molar-refractivity contribution in [3.8, 4) is 0 Å². The van der Waals surface area contributed by atoms with Crippen molar-refractivity contribution in [1.82, 2.24) is 10.7 Å². The van der Waals surface area contributed by atoms with E-state index in [2.05, 4.69) is 10.4 Å².